The van der Waals surface area contributed by atoms with E-state index in [0.29, 0.717) is 27.9 Å². The Hall–Kier alpha value is -2.49. The number of halogens is 2. The van der Waals surface area contributed by atoms with E-state index >= 15 is 0 Å². The standard InChI is InChI=1S/C24H31Cl2N3O5S/c1-5-6-12-27-24(31)17(2)28(15-18-10-11-21(25)22(26)13-18)23(30)16-29(35(4,32)33)19-8-7-9-20(14-19)34-3/h7-11,13-14,17H,5-6,12,15-16H2,1-4H3,(H,27,31). The van der Waals surface area contributed by atoms with Crippen molar-refractivity contribution in [3.63, 3.8) is 0 Å². The van der Waals surface area contributed by atoms with Crippen LogP contribution in [0.4, 0.5) is 5.69 Å². The van der Waals surface area contributed by atoms with Crippen molar-refractivity contribution in [2.24, 2.45) is 0 Å². The molecule has 0 radical (unpaired) electrons. The van der Waals surface area contributed by atoms with Gasteiger partial charge in [-0.3, -0.25) is 13.9 Å². The normalized spacial score (nSPS) is 12.1. The van der Waals surface area contributed by atoms with Crippen molar-refractivity contribution >= 4 is 50.7 Å². The summed E-state index contributed by atoms with van der Waals surface area (Å²) in [5.74, 6) is -0.443. The fourth-order valence-corrected chi connectivity index (χ4v) is 4.49. The fourth-order valence-electron chi connectivity index (χ4n) is 3.33. The first-order valence-electron chi connectivity index (χ1n) is 11.1. The predicted octanol–water partition coefficient (Wildman–Crippen LogP) is 4.10. The Kier molecular flexibility index (Phi) is 10.7. The molecule has 0 aliphatic heterocycles. The molecule has 192 valence electrons. The van der Waals surface area contributed by atoms with Gasteiger partial charge >= 0.3 is 0 Å². The summed E-state index contributed by atoms with van der Waals surface area (Å²) in [6, 6.07) is 10.5. The molecular weight excluding hydrogens is 513 g/mol. The number of amides is 2. The highest BCUT2D eigenvalue weighted by Gasteiger charge is 2.30. The van der Waals surface area contributed by atoms with E-state index in [2.05, 4.69) is 5.32 Å². The maximum absolute atomic E-state index is 13.5. The Balaban J connectivity index is 2.38. The topological polar surface area (TPSA) is 96.0 Å². The van der Waals surface area contributed by atoms with Crippen molar-refractivity contribution in [2.75, 3.05) is 30.8 Å². The molecule has 1 N–H and O–H groups in total. The zero-order valence-electron chi connectivity index (χ0n) is 20.3. The van der Waals surface area contributed by atoms with Crippen LogP contribution < -0.4 is 14.4 Å². The van der Waals surface area contributed by atoms with Gasteiger partial charge in [-0.2, -0.15) is 0 Å². The first-order chi connectivity index (χ1) is 16.5. The van der Waals surface area contributed by atoms with Crippen LogP contribution in [0.3, 0.4) is 0 Å². The number of nitrogens with one attached hydrogen (secondary N) is 1. The molecule has 2 aromatic carbocycles. The third-order valence-corrected chi connectivity index (χ3v) is 7.23. The molecule has 0 saturated heterocycles. The molecule has 0 saturated carbocycles. The number of carbonyl (C=O) groups is 2. The summed E-state index contributed by atoms with van der Waals surface area (Å²) in [5.41, 5.74) is 0.919. The van der Waals surface area contributed by atoms with Gasteiger partial charge in [0.05, 0.1) is 29.1 Å². The predicted molar refractivity (Wildman–Crippen MR) is 140 cm³/mol. The number of hydrogen-bond acceptors (Lipinski definition) is 5. The first kappa shape index (κ1) is 28.7. The SMILES string of the molecule is CCCCNC(=O)C(C)N(Cc1ccc(Cl)c(Cl)c1)C(=O)CN(c1cccc(OC)c1)S(C)(=O)=O. The molecule has 11 heteroatoms. The lowest BCUT2D eigenvalue weighted by molar-refractivity contribution is -0.139. The second kappa shape index (κ2) is 13.0. The van der Waals surface area contributed by atoms with Gasteiger partial charge in [0.15, 0.2) is 0 Å². The summed E-state index contributed by atoms with van der Waals surface area (Å²) in [6.07, 6.45) is 2.73. The minimum atomic E-state index is -3.83. The minimum absolute atomic E-state index is 0.0355. The Morgan fingerprint density at radius 2 is 1.83 bits per heavy atom. The summed E-state index contributed by atoms with van der Waals surface area (Å²) in [4.78, 5) is 27.7. The van der Waals surface area contributed by atoms with Crippen LogP contribution in [-0.4, -0.2) is 57.6 Å². The molecule has 8 nitrogen and oxygen atoms in total. The van der Waals surface area contributed by atoms with E-state index in [4.69, 9.17) is 27.9 Å². The quantitative estimate of drug-likeness (QED) is 0.406. The van der Waals surface area contributed by atoms with Gasteiger partial charge in [-0.1, -0.05) is 48.7 Å². The molecule has 0 heterocycles. The molecule has 0 aliphatic rings. The van der Waals surface area contributed by atoms with Crippen LogP contribution in [0.2, 0.25) is 10.0 Å². The van der Waals surface area contributed by atoms with E-state index in [0.717, 1.165) is 23.4 Å². The minimum Gasteiger partial charge on any atom is -0.497 e. The fraction of sp³-hybridized carbons (Fsp3) is 0.417. The molecular formula is C24H31Cl2N3O5S. The van der Waals surface area contributed by atoms with Crippen LogP contribution in [0.15, 0.2) is 42.5 Å². The Bertz CT molecular complexity index is 1140. The van der Waals surface area contributed by atoms with Crippen LogP contribution in [0.25, 0.3) is 0 Å². The van der Waals surface area contributed by atoms with E-state index in [1.165, 1.54) is 18.1 Å². The van der Waals surface area contributed by atoms with Crippen molar-refractivity contribution in [3.8, 4) is 5.75 Å². The van der Waals surface area contributed by atoms with E-state index < -0.39 is 28.5 Å². The monoisotopic (exact) mass is 543 g/mol. The number of carbonyl (C=O) groups excluding carboxylic acids is 2. The smallest absolute Gasteiger partial charge is 0.244 e. The second-order valence-corrected chi connectivity index (χ2v) is 10.8. The van der Waals surface area contributed by atoms with E-state index in [1.54, 1.807) is 43.3 Å². The molecule has 0 fully saturated rings. The zero-order valence-corrected chi connectivity index (χ0v) is 22.6. The van der Waals surface area contributed by atoms with Gasteiger partial charge in [-0.25, -0.2) is 8.42 Å². The number of ether oxygens (including phenoxy) is 1. The van der Waals surface area contributed by atoms with Gasteiger partial charge in [-0.15, -0.1) is 0 Å². The lowest BCUT2D eigenvalue weighted by atomic mass is 10.1. The number of rotatable bonds is 12. The highest BCUT2D eigenvalue weighted by Crippen LogP contribution is 2.25. The Labute approximate surface area is 217 Å². The van der Waals surface area contributed by atoms with Crippen molar-refractivity contribution in [1.82, 2.24) is 10.2 Å². The highest BCUT2D eigenvalue weighted by molar-refractivity contribution is 7.92. The maximum atomic E-state index is 13.5. The molecule has 1 unspecified atom stereocenters. The van der Waals surface area contributed by atoms with Gasteiger partial charge < -0.3 is 15.0 Å². The maximum Gasteiger partial charge on any atom is 0.244 e. The lowest BCUT2D eigenvalue weighted by Gasteiger charge is -2.31. The molecule has 0 aromatic heterocycles. The van der Waals surface area contributed by atoms with E-state index in [1.807, 2.05) is 6.92 Å². The van der Waals surface area contributed by atoms with Gasteiger partial charge in [0.1, 0.15) is 18.3 Å². The average Bonchev–Trinajstić information content (AvgIpc) is 2.81. The third kappa shape index (κ3) is 8.30. The van der Waals surface area contributed by atoms with Crippen LogP contribution >= 0.6 is 23.2 Å². The molecule has 0 bridgehead atoms. The van der Waals surface area contributed by atoms with Crippen molar-refractivity contribution < 1.29 is 22.7 Å². The molecule has 0 spiro atoms. The van der Waals surface area contributed by atoms with Gasteiger partial charge in [0, 0.05) is 19.2 Å². The number of sulfonamides is 1. The number of methoxy groups -OCH3 is 1. The van der Waals surface area contributed by atoms with Crippen molar-refractivity contribution in [1.29, 1.82) is 0 Å². The van der Waals surface area contributed by atoms with E-state index in [-0.39, 0.29) is 18.1 Å². The second-order valence-electron chi connectivity index (χ2n) is 8.06. The highest BCUT2D eigenvalue weighted by atomic mass is 35.5. The van der Waals surface area contributed by atoms with Crippen LogP contribution in [-0.2, 0) is 26.2 Å². The van der Waals surface area contributed by atoms with E-state index in [9.17, 15) is 18.0 Å². The number of anilines is 1. The molecule has 1 atom stereocenters. The molecule has 2 rings (SSSR count). The summed E-state index contributed by atoms with van der Waals surface area (Å²) in [6.45, 7) is 3.63. The summed E-state index contributed by atoms with van der Waals surface area (Å²) in [7, 11) is -2.36. The molecule has 2 aromatic rings. The summed E-state index contributed by atoms with van der Waals surface area (Å²) in [5, 5.41) is 3.50. The molecule has 2 amide bonds. The first-order valence-corrected chi connectivity index (χ1v) is 13.7. The Morgan fingerprint density at radius 1 is 1.11 bits per heavy atom. The molecule has 0 aliphatic carbocycles. The summed E-state index contributed by atoms with van der Waals surface area (Å²) >= 11 is 12.2. The van der Waals surface area contributed by atoms with Gasteiger partial charge in [0.2, 0.25) is 21.8 Å². The van der Waals surface area contributed by atoms with Crippen LogP contribution in [0.5, 0.6) is 5.75 Å². The average molecular weight is 545 g/mol. The van der Waals surface area contributed by atoms with Gasteiger partial charge in [0.25, 0.3) is 0 Å². The largest absolute Gasteiger partial charge is 0.497 e. The summed E-state index contributed by atoms with van der Waals surface area (Å²) < 4.78 is 31.4. The van der Waals surface area contributed by atoms with Crippen molar-refractivity contribution in [2.45, 2.75) is 39.3 Å². The van der Waals surface area contributed by atoms with Crippen molar-refractivity contribution in [3.05, 3.63) is 58.1 Å². The molecule has 35 heavy (non-hydrogen) atoms. The third-order valence-electron chi connectivity index (χ3n) is 5.35. The number of unbranched alkanes of at least 4 members (excludes halogenated alkanes) is 1. The van der Waals surface area contributed by atoms with Gasteiger partial charge in [-0.05, 0) is 43.2 Å². The zero-order chi connectivity index (χ0) is 26.2. The number of benzene rings is 2. The lowest BCUT2D eigenvalue weighted by Crippen LogP contribution is -2.51. The Morgan fingerprint density at radius 3 is 2.43 bits per heavy atom. The van der Waals surface area contributed by atoms with Crippen LogP contribution in [0, 0.1) is 0 Å². The number of nitrogens with zero attached hydrogens (tertiary/aromatic N) is 2. The van der Waals surface area contributed by atoms with Crippen LogP contribution in [0.1, 0.15) is 32.3 Å². The number of hydrogen-bond donors (Lipinski definition) is 1.